The lowest BCUT2D eigenvalue weighted by molar-refractivity contribution is 0.687. The fourth-order valence-electron chi connectivity index (χ4n) is 2.00. The van der Waals surface area contributed by atoms with Gasteiger partial charge in [-0.3, -0.25) is 0 Å². The van der Waals surface area contributed by atoms with E-state index < -0.39 is 0 Å². The van der Waals surface area contributed by atoms with E-state index in [1.165, 1.54) is 44.9 Å². The molecule has 1 aliphatic carbocycles. The summed E-state index contributed by atoms with van der Waals surface area (Å²) in [7, 11) is 0. The fraction of sp³-hybridized carbons (Fsp3) is 0.692. The van der Waals surface area contributed by atoms with Crippen LogP contribution in [0.2, 0.25) is 0 Å². The summed E-state index contributed by atoms with van der Waals surface area (Å²) in [5.74, 6) is 0. The van der Waals surface area contributed by atoms with E-state index >= 15 is 0 Å². The molecule has 0 unspecified atom stereocenters. The number of unbranched alkanes of at least 4 members (excludes halogenated alkanes) is 2. The van der Waals surface area contributed by atoms with Crippen LogP contribution >= 0.6 is 0 Å². The van der Waals surface area contributed by atoms with E-state index in [9.17, 15) is 0 Å². The molecule has 1 rings (SSSR count). The zero-order valence-corrected chi connectivity index (χ0v) is 9.10. The number of allylic oxidation sites excluding steroid dienone is 4. The topological polar surface area (TPSA) is 0 Å². The molecule has 0 aromatic rings. The van der Waals surface area contributed by atoms with Crippen molar-refractivity contribution in [1.29, 1.82) is 0 Å². The Morgan fingerprint density at radius 2 is 2.08 bits per heavy atom. The first-order chi connectivity index (χ1) is 6.38. The van der Waals surface area contributed by atoms with E-state index in [2.05, 4.69) is 26.0 Å². The average molecular weight is 178 g/mol. The summed E-state index contributed by atoms with van der Waals surface area (Å²) in [4.78, 5) is 0. The normalized spacial score (nSPS) is 16.8. The maximum Gasteiger partial charge on any atom is -0.0280 e. The van der Waals surface area contributed by atoms with Gasteiger partial charge >= 0.3 is 0 Å². The van der Waals surface area contributed by atoms with E-state index in [0.29, 0.717) is 0 Å². The Morgan fingerprint density at radius 3 is 2.77 bits per heavy atom. The summed E-state index contributed by atoms with van der Waals surface area (Å²) < 4.78 is 0. The monoisotopic (exact) mass is 178 g/mol. The molecule has 0 aromatic carbocycles. The summed E-state index contributed by atoms with van der Waals surface area (Å²) in [6.07, 6.45) is 13.9. The van der Waals surface area contributed by atoms with Crippen molar-refractivity contribution >= 4 is 0 Å². The third-order valence-corrected chi connectivity index (χ3v) is 2.85. The maximum atomic E-state index is 2.34. The molecule has 0 saturated carbocycles. The largest absolute Gasteiger partial charge is 0.0839 e. The number of hydrogen-bond acceptors (Lipinski definition) is 0. The minimum absolute atomic E-state index is 1.22. The Kier molecular flexibility index (Phi) is 4.88. The minimum Gasteiger partial charge on any atom is -0.0839 e. The van der Waals surface area contributed by atoms with Crippen molar-refractivity contribution in [2.24, 2.45) is 0 Å². The fourth-order valence-corrected chi connectivity index (χ4v) is 2.00. The molecule has 0 N–H and O–H groups in total. The van der Waals surface area contributed by atoms with Gasteiger partial charge in [-0.15, -0.1) is 0 Å². The van der Waals surface area contributed by atoms with E-state index in [0.717, 1.165) is 0 Å². The van der Waals surface area contributed by atoms with Crippen LogP contribution in [0.15, 0.2) is 23.3 Å². The van der Waals surface area contributed by atoms with Gasteiger partial charge in [0.25, 0.3) is 0 Å². The van der Waals surface area contributed by atoms with Gasteiger partial charge in [0.15, 0.2) is 0 Å². The van der Waals surface area contributed by atoms with Crippen molar-refractivity contribution < 1.29 is 0 Å². The molecule has 0 bridgehead atoms. The lowest BCUT2D eigenvalue weighted by Gasteiger charge is -2.14. The van der Waals surface area contributed by atoms with Crippen molar-refractivity contribution in [3.63, 3.8) is 0 Å². The van der Waals surface area contributed by atoms with Crippen LogP contribution in [0.3, 0.4) is 0 Å². The molecule has 1 aliphatic rings. The standard InChI is InChI=1S/C13H22/c1-3-5-6-10-13-11-8-7-9-12(13)4-2/h7,9H,3-6,8,10-11H2,1-2H3. The van der Waals surface area contributed by atoms with Crippen LogP contribution in [0.25, 0.3) is 0 Å². The predicted molar refractivity (Wildman–Crippen MR) is 59.8 cm³/mol. The van der Waals surface area contributed by atoms with E-state index in [-0.39, 0.29) is 0 Å². The Balaban J connectivity index is 2.43. The molecule has 13 heavy (non-hydrogen) atoms. The summed E-state index contributed by atoms with van der Waals surface area (Å²) in [6.45, 7) is 4.54. The van der Waals surface area contributed by atoms with Crippen LogP contribution in [0.1, 0.15) is 58.8 Å². The molecule has 0 heterocycles. The van der Waals surface area contributed by atoms with Gasteiger partial charge in [-0.2, -0.15) is 0 Å². The average Bonchev–Trinajstić information content (AvgIpc) is 2.19. The summed E-state index contributed by atoms with van der Waals surface area (Å²) >= 11 is 0. The molecule has 0 nitrogen and oxygen atoms in total. The molecule has 0 amide bonds. The van der Waals surface area contributed by atoms with Crippen LogP contribution in [-0.2, 0) is 0 Å². The highest BCUT2D eigenvalue weighted by Crippen LogP contribution is 2.25. The van der Waals surface area contributed by atoms with Crippen LogP contribution in [0.4, 0.5) is 0 Å². The highest BCUT2D eigenvalue weighted by atomic mass is 14.1. The third-order valence-electron chi connectivity index (χ3n) is 2.85. The van der Waals surface area contributed by atoms with Crippen LogP contribution in [0, 0.1) is 0 Å². The Labute approximate surface area is 82.7 Å². The molecule has 0 aromatic heterocycles. The Bertz CT molecular complexity index is 196. The van der Waals surface area contributed by atoms with Crippen molar-refractivity contribution in [2.75, 3.05) is 0 Å². The van der Waals surface area contributed by atoms with Crippen molar-refractivity contribution in [2.45, 2.75) is 58.8 Å². The van der Waals surface area contributed by atoms with Gasteiger partial charge in [-0.25, -0.2) is 0 Å². The predicted octanol–water partition coefficient (Wildman–Crippen LogP) is 4.62. The van der Waals surface area contributed by atoms with Crippen molar-refractivity contribution in [3.8, 4) is 0 Å². The molecule has 0 saturated heterocycles. The Morgan fingerprint density at radius 1 is 1.23 bits per heavy atom. The van der Waals surface area contributed by atoms with Gasteiger partial charge in [0.05, 0.1) is 0 Å². The van der Waals surface area contributed by atoms with Gasteiger partial charge in [-0.05, 0) is 37.7 Å². The first kappa shape index (κ1) is 10.6. The highest BCUT2D eigenvalue weighted by Gasteiger charge is 2.05. The van der Waals surface area contributed by atoms with Crippen molar-refractivity contribution in [1.82, 2.24) is 0 Å². The first-order valence-electron chi connectivity index (χ1n) is 5.76. The van der Waals surface area contributed by atoms with Crippen molar-refractivity contribution in [3.05, 3.63) is 23.3 Å². The van der Waals surface area contributed by atoms with Gasteiger partial charge in [-0.1, -0.05) is 44.4 Å². The number of hydrogen-bond donors (Lipinski definition) is 0. The van der Waals surface area contributed by atoms with Gasteiger partial charge < -0.3 is 0 Å². The van der Waals surface area contributed by atoms with E-state index in [1.54, 1.807) is 11.1 Å². The SMILES string of the molecule is CCCCCC1=C(CC)C=CCC1. The number of rotatable bonds is 5. The molecule has 74 valence electrons. The molecular formula is C13H22. The second-order valence-corrected chi connectivity index (χ2v) is 3.88. The molecule has 0 fully saturated rings. The van der Waals surface area contributed by atoms with Crippen LogP contribution in [0.5, 0.6) is 0 Å². The molecule has 0 radical (unpaired) electrons. The third kappa shape index (κ3) is 3.38. The second-order valence-electron chi connectivity index (χ2n) is 3.88. The minimum atomic E-state index is 1.22. The van der Waals surface area contributed by atoms with Gasteiger partial charge in [0.2, 0.25) is 0 Å². The summed E-state index contributed by atoms with van der Waals surface area (Å²) in [6, 6.07) is 0. The van der Waals surface area contributed by atoms with Crippen LogP contribution < -0.4 is 0 Å². The summed E-state index contributed by atoms with van der Waals surface area (Å²) in [5, 5.41) is 0. The maximum absolute atomic E-state index is 2.34. The summed E-state index contributed by atoms with van der Waals surface area (Å²) in [5.41, 5.74) is 3.35. The zero-order valence-electron chi connectivity index (χ0n) is 9.10. The molecule has 0 atom stereocenters. The Hall–Kier alpha value is -0.520. The second kappa shape index (κ2) is 6.01. The lowest BCUT2D eigenvalue weighted by atomic mass is 9.92. The first-order valence-corrected chi connectivity index (χ1v) is 5.76. The van der Waals surface area contributed by atoms with Gasteiger partial charge in [0.1, 0.15) is 0 Å². The lowest BCUT2D eigenvalue weighted by Crippen LogP contribution is -1.94. The zero-order chi connectivity index (χ0) is 9.52. The quantitative estimate of drug-likeness (QED) is 0.539. The molecular weight excluding hydrogens is 156 g/mol. The highest BCUT2D eigenvalue weighted by molar-refractivity contribution is 5.29. The molecule has 0 aliphatic heterocycles. The molecule has 0 heteroatoms. The van der Waals surface area contributed by atoms with E-state index in [1.807, 2.05) is 0 Å². The smallest absolute Gasteiger partial charge is 0.0280 e. The van der Waals surface area contributed by atoms with E-state index in [4.69, 9.17) is 0 Å². The van der Waals surface area contributed by atoms with Gasteiger partial charge in [0, 0.05) is 0 Å². The molecule has 0 spiro atoms. The van der Waals surface area contributed by atoms with Crippen LogP contribution in [-0.4, -0.2) is 0 Å².